The van der Waals surface area contributed by atoms with Crippen LogP contribution in [0, 0.1) is 23.1 Å². The van der Waals surface area contributed by atoms with Crippen molar-refractivity contribution in [3.05, 3.63) is 54.0 Å². The van der Waals surface area contributed by atoms with Gasteiger partial charge in [-0.3, -0.25) is 4.79 Å². The van der Waals surface area contributed by atoms with Crippen molar-refractivity contribution in [2.24, 2.45) is 17.3 Å². The number of nitrogens with one attached hydrogen (secondary N) is 1. The van der Waals surface area contributed by atoms with Crippen molar-refractivity contribution in [2.45, 2.75) is 49.4 Å². The number of aromatic nitrogens is 1. The number of hydrogen-bond donors (Lipinski definition) is 1. The van der Waals surface area contributed by atoms with Gasteiger partial charge in [0.1, 0.15) is 11.6 Å². The molecule has 0 radical (unpaired) electrons. The van der Waals surface area contributed by atoms with Crippen molar-refractivity contribution >= 4 is 21.8 Å². The average molecular weight is 459 g/mol. The van der Waals surface area contributed by atoms with Crippen molar-refractivity contribution in [1.82, 2.24) is 10.3 Å². The van der Waals surface area contributed by atoms with E-state index in [9.17, 15) is 9.18 Å². The molecule has 6 heteroatoms. The molecule has 0 spiro atoms. The molecule has 4 aliphatic rings. The van der Waals surface area contributed by atoms with Crippen molar-refractivity contribution < 1.29 is 13.9 Å². The zero-order valence-electron chi connectivity index (χ0n) is 16.2. The zero-order valence-corrected chi connectivity index (χ0v) is 17.8. The van der Waals surface area contributed by atoms with Gasteiger partial charge in [0.15, 0.2) is 0 Å². The third-order valence-corrected chi connectivity index (χ3v) is 7.67. The quantitative estimate of drug-likeness (QED) is 0.613. The first-order valence-corrected chi connectivity index (χ1v) is 11.1. The Morgan fingerprint density at radius 2 is 2.00 bits per heavy atom. The van der Waals surface area contributed by atoms with Crippen molar-refractivity contribution in [3.8, 4) is 11.6 Å². The molecule has 0 aliphatic heterocycles. The first-order chi connectivity index (χ1) is 13.9. The Balaban J connectivity index is 1.21. The number of pyridine rings is 1. The minimum atomic E-state index is -0.350. The van der Waals surface area contributed by atoms with Crippen LogP contribution < -0.4 is 10.1 Å². The summed E-state index contributed by atoms with van der Waals surface area (Å²) >= 11 is 3.97. The monoisotopic (exact) mass is 458 g/mol. The van der Waals surface area contributed by atoms with Crippen molar-refractivity contribution in [2.75, 3.05) is 0 Å². The fourth-order valence-electron chi connectivity index (χ4n) is 6.01. The molecule has 6 rings (SSSR count). The third kappa shape index (κ3) is 3.79. The highest BCUT2D eigenvalue weighted by Gasteiger charge is 2.59. The molecule has 0 saturated heterocycles. The van der Waals surface area contributed by atoms with E-state index in [4.69, 9.17) is 4.74 Å². The van der Waals surface area contributed by atoms with Crippen LogP contribution in [0.5, 0.6) is 11.6 Å². The predicted molar refractivity (Wildman–Crippen MR) is 111 cm³/mol. The van der Waals surface area contributed by atoms with E-state index >= 15 is 0 Å². The number of nitrogens with zero attached hydrogens (tertiary/aromatic N) is 1. The Morgan fingerprint density at radius 3 is 2.66 bits per heavy atom. The molecule has 29 heavy (non-hydrogen) atoms. The molecule has 1 N–H and O–H groups in total. The van der Waals surface area contributed by atoms with E-state index < -0.39 is 0 Å². The van der Waals surface area contributed by atoms with Crippen LogP contribution in [0.4, 0.5) is 4.39 Å². The van der Waals surface area contributed by atoms with Gasteiger partial charge >= 0.3 is 0 Å². The second-order valence-corrected chi connectivity index (χ2v) is 10.8. The molecule has 1 heterocycles. The first-order valence-electron chi connectivity index (χ1n) is 10.3. The molecule has 4 fully saturated rings. The molecule has 152 valence electrons. The third-order valence-electron chi connectivity index (χ3n) is 6.74. The van der Waals surface area contributed by atoms with Crippen LogP contribution in [-0.4, -0.2) is 15.2 Å². The van der Waals surface area contributed by atoms with Gasteiger partial charge < -0.3 is 10.1 Å². The molecular formula is C23H24BrFN2O2. The van der Waals surface area contributed by atoms with Crippen LogP contribution in [0.3, 0.4) is 0 Å². The van der Waals surface area contributed by atoms with Crippen LogP contribution in [0.1, 0.15) is 44.1 Å². The minimum Gasteiger partial charge on any atom is -0.439 e. The summed E-state index contributed by atoms with van der Waals surface area (Å²) in [5, 5.41) is 3.16. The number of halogens is 2. The second-order valence-electron chi connectivity index (χ2n) is 9.14. The van der Waals surface area contributed by atoms with Gasteiger partial charge in [-0.05, 0) is 68.1 Å². The number of ether oxygens (including phenoxy) is 1. The lowest BCUT2D eigenvalue weighted by Gasteiger charge is -2.59. The standard InChI is InChI=1S/C23H24BrFN2O2/c24-23-10-16-6-17(11-23)9-22(8-16,14-23)21(28)27-13-15-4-5-20(26-12-15)29-19-3-1-2-18(25)7-19/h1-5,7,12,16-17H,6,8-11,13-14H2,(H,27,28). The Kier molecular flexibility index (Phi) is 4.65. The molecule has 4 saturated carbocycles. The highest BCUT2D eigenvalue weighted by Crippen LogP contribution is 2.64. The summed E-state index contributed by atoms with van der Waals surface area (Å²) in [5.74, 6) is 2.01. The lowest BCUT2D eigenvalue weighted by molar-refractivity contribution is -0.144. The van der Waals surface area contributed by atoms with Gasteiger partial charge in [0.2, 0.25) is 11.8 Å². The van der Waals surface area contributed by atoms with E-state index in [-0.39, 0.29) is 21.5 Å². The Bertz CT molecular complexity index is 919. The average Bonchev–Trinajstić information content (AvgIpc) is 2.65. The van der Waals surface area contributed by atoms with Gasteiger partial charge in [0, 0.05) is 29.2 Å². The highest BCUT2D eigenvalue weighted by atomic mass is 79.9. The number of carbonyl (C=O) groups is 1. The maximum atomic E-state index is 13.3. The van der Waals surface area contributed by atoms with Gasteiger partial charge in [-0.1, -0.05) is 28.1 Å². The highest BCUT2D eigenvalue weighted by molar-refractivity contribution is 9.10. The fourth-order valence-corrected chi connectivity index (χ4v) is 7.47. The number of rotatable bonds is 5. The maximum Gasteiger partial charge on any atom is 0.226 e. The van der Waals surface area contributed by atoms with Gasteiger partial charge in [-0.25, -0.2) is 9.37 Å². The van der Waals surface area contributed by atoms with Crippen LogP contribution in [0.25, 0.3) is 0 Å². The van der Waals surface area contributed by atoms with Crippen molar-refractivity contribution in [1.29, 1.82) is 0 Å². The summed E-state index contributed by atoms with van der Waals surface area (Å²) in [5.41, 5.74) is 0.713. The summed E-state index contributed by atoms with van der Waals surface area (Å²) in [6.07, 6.45) is 8.43. The molecule has 1 aromatic heterocycles. The molecule has 2 atom stereocenters. The summed E-state index contributed by atoms with van der Waals surface area (Å²) in [4.78, 5) is 17.4. The summed E-state index contributed by atoms with van der Waals surface area (Å²) in [7, 11) is 0. The van der Waals surface area contributed by atoms with Gasteiger partial charge in [-0.2, -0.15) is 0 Å². The normalized spacial score (nSPS) is 32.2. The van der Waals surface area contributed by atoms with E-state index in [2.05, 4.69) is 26.2 Å². The predicted octanol–water partition coefficient (Wildman–Crippen LogP) is 5.36. The van der Waals surface area contributed by atoms with Crippen molar-refractivity contribution in [3.63, 3.8) is 0 Å². The largest absolute Gasteiger partial charge is 0.439 e. The van der Waals surface area contributed by atoms with Crippen LogP contribution in [0.15, 0.2) is 42.6 Å². The van der Waals surface area contributed by atoms with Gasteiger partial charge in [-0.15, -0.1) is 0 Å². The molecule has 1 amide bonds. The van der Waals surface area contributed by atoms with Crippen LogP contribution >= 0.6 is 15.9 Å². The minimum absolute atomic E-state index is 0.172. The summed E-state index contributed by atoms with van der Waals surface area (Å²) in [6, 6.07) is 9.58. The number of alkyl halides is 1. The van der Waals surface area contributed by atoms with E-state index in [1.165, 1.54) is 31.4 Å². The van der Waals surface area contributed by atoms with Crippen LogP contribution in [-0.2, 0) is 11.3 Å². The topological polar surface area (TPSA) is 51.2 Å². The number of hydrogen-bond acceptors (Lipinski definition) is 3. The lowest BCUT2D eigenvalue weighted by atomic mass is 9.49. The maximum absolute atomic E-state index is 13.3. The van der Waals surface area contributed by atoms with E-state index in [0.29, 0.717) is 30.0 Å². The fraction of sp³-hybridized carbons (Fsp3) is 0.478. The van der Waals surface area contributed by atoms with Crippen LogP contribution in [0.2, 0.25) is 0 Å². The molecule has 4 bridgehead atoms. The van der Waals surface area contributed by atoms with E-state index in [1.54, 1.807) is 24.4 Å². The van der Waals surface area contributed by atoms with E-state index in [1.807, 2.05) is 6.07 Å². The Morgan fingerprint density at radius 1 is 1.21 bits per heavy atom. The molecule has 1 aromatic carbocycles. The Labute approximate surface area is 178 Å². The lowest BCUT2D eigenvalue weighted by Crippen LogP contribution is -2.58. The second kappa shape index (κ2) is 7.08. The number of carbonyl (C=O) groups excluding carboxylic acids is 1. The number of amides is 1. The molecule has 2 aromatic rings. The Hall–Kier alpha value is -1.95. The van der Waals surface area contributed by atoms with Gasteiger partial charge in [0.25, 0.3) is 0 Å². The smallest absolute Gasteiger partial charge is 0.226 e. The molecule has 2 unspecified atom stereocenters. The first kappa shape index (κ1) is 19.0. The zero-order chi connectivity index (χ0) is 20.1. The molecular weight excluding hydrogens is 435 g/mol. The number of benzene rings is 1. The van der Waals surface area contributed by atoms with Gasteiger partial charge in [0.05, 0.1) is 5.41 Å². The SMILES string of the molecule is O=C(NCc1ccc(Oc2cccc(F)c2)nc1)C12CC3CC(CC(Br)(C3)C1)C2. The van der Waals surface area contributed by atoms with E-state index in [0.717, 1.165) is 24.8 Å². The summed E-state index contributed by atoms with van der Waals surface area (Å²) < 4.78 is 19.0. The molecule has 4 nitrogen and oxygen atoms in total. The summed E-state index contributed by atoms with van der Waals surface area (Å²) in [6.45, 7) is 0.457. The molecule has 4 aliphatic carbocycles.